The molecule has 3 aromatic rings. The third kappa shape index (κ3) is 1.83. The van der Waals surface area contributed by atoms with Gasteiger partial charge in [0, 0.05) is 6.54 Å². The van der Waals surface area contributed by atoms with Gasteiger partial charge in [0.2, 0.25) is 0 Å². The maximum Gasteiger partial charge on any atom is 0.160 e. The number of para-hydroxylation sites is 1. The van der Waals surface area contributed by atoms with Crippen molar-refractivity contribution >= 4 is 16.9 Å². The minimum absolute atomic E-state index is 0.324. The molecule has 0 radical (unpaired) electrons. The number of anilines is 1. The fraction of sp³-hybridized carbons (Fsp3) is 0.143. The number of pyridine rings is 1. The molecule has 0 aliphatic heterocycles. The van der Waals surface area contributed by atoms with Crippen molar-refractivity contribution in [2.75, 3.05) is 5.73 Å². The highest BCUT2D eigenvalue weighted by Crippen LogP contribution is 2.25. The molecule has 19 heavy (non-hydrogen) atoms. The van der Waals surface area contributed by atoms with Gasteiger partial charge in [-0.2, -0.15) is 0 Å². The van der Waals surface area contributed by atoms with Gasteiger partial charge in [-0.05, 0) is 31.2 Å². The average Bonchev–Trinajstić information content (AvgIpc) is 2.79. The van der Waals surface area contributed by atoms with Crippen LogP contribution in [-0.2, 0) is 6.54 Å². The molecular weight excluding hydrogens is 243 g/mol. The van der Waals surface area contributed by atoms with Gasteiger partial charge in [-0.25, -0.2) is 14.4 Å². The fourth-order valence-electron chi connectivity index (χ4n) is 2.20. The second kappa shape index (κ2) is 4.35. The Balaban J connectivity index is 2.32. The van der Waals surface area contributed by atoms with Crippen molar-refractivity contribution in [1.82, 2.24) is 14.5 Å². The minimum atomic E-state index is -0.324. The summed E-state index contributed by atoms with van der Waals surface area (Å²) in [6, 6.07) is 10.3. The predicted octanol–water partition coefficient (Wildman–Crippen LogP) is 2.84. The van der Waals surface area contributed by atoms with Gasteiger partial charge in [-0.1, -0.05) is 12.1 Å². The summed E-state index contributed by atoms with van der Waals surface area (Å²) < 4.78 is 15.7. The van der Waals surface area contributed by atoms with E-state index in [-0.39, 0.29) is 5.82 Å². The first kappa shape index (κ1) is 11.6. The summed E-state index contributed by atoms with van der Waals surface area (Å²) in [5, 5.41) is 0. The molecule has 0 spiro atoms. The highest BCUT2D eigenvalue weighted by atomic mass is 19.1. The second-order valence-corrected chi connectivity index (χ2v) is 4.23. The van der Waals surface area contributed by atoms with Crippen molar-refractivity contribution in [3.63, 3.8) is 0 Å². The largest absolute Gasteiger partial charge is 0.384 e. The summed E-state index contributed by atoms with van der Waals surface area (Å²) in [7, 11) is 0. The Hall–Kier alpha value is -2.43. The molecule has 0 fully saturated rings. The topological polar surface area (TPSA) is 56.7 Å². The molecule has 2 aromatic heterocycles. The van der Waals surface area contributed by atoms with Crippen LogP contribution in [0.1, 0.15) is 6.92 Å². The normalized spacial score (nSPS) is 11.1. The molecule has 0 aliphatic carbocycles. The quantitative estimate of drug-likeness (QED) is 0.767. The third-order valence-corrected chi connectivity index (χ3v) is 3.05. The molecule has 96 valence electrons. The van der Waals surface area contributed by atoms with Gasteiger partial charge < -0.3 is 10.3 Å². The SMILES string of the molecule is CCn1c(-c2cccc(N)n2)nc2c(F)cccc21. The first-order chi connectivity index (χ1) is 9.20. The van der Waals surface area contributed by atoms with Crippen molar-refractivity contribution in [1.29, 1.82) is 0 Å². The van der Waals surface area contributed by atoms with Crippen molar-refractivity contribution < 1.29 is 4.39 Å². The zero-order chi connectivity index (χ0) is 13.4. The fourth-order valence-corrected chi connectivity index (χ4v) is 2.20. The molecule has 5 heteroatoms. The monoisotopic (exact) mass is 256 g/mol. The van der Waals surface area contributed by atoms with Gasteiger partial charge in [0.15, 0.2) is 11.6 Å². The van der Waals surface area contributed by atoms with Gasteiger partial charge in [-0.15, -0.1) is 0 Å². The summed E-state index contributed by atoms with van der Waals surface area (Å²) >= 11 is 0. The van der Waals surface area contributed by atoms with Crippen LogP contribution in [0.5, 0.6) is 0 Å². The average molecular weight is 256 g/mol. The lowest BCUT2D eigenvalue weighted by Gasteiger charge is -2.05. The van der Waals surface area contributed by atoms with Crippen LogP contribution in [-0.4, -0.2) is 14.5 Å². The lowest BCUT2D eigenvalue weighted by Crippen LogP contribution is -2.00. The van der Waals surface area contributed by atoms with Crippen LogP contribution in [0, 0.1) is 5.82 Å². The number of hydrogen-bond donors (Lipinski definition) is 1. The van der Waals surface area contributed by atoms with E-state index in [1.165, 1.54) is 6.07 Å². The molecule has 2 N–H and O–H groups in total. The Morgan fingerprint density at radius 2 is 1.95 bits per heavy atom. The van der Waals surface area contributed by atoms with Gasteiger partial charge in [0.05, 0.1) is 5.52 Å². The van der Waals surface area contributed by atoms with Crippen LogP contribution in [0.25, 0.3) is 22.6 Å². The summed E-state index contributed by atoms with van der Waals surface area (Å²) in [4.78, 5) is 8.61. The van der Waals surface area contributed by atoms with Crippen LogP contribution in [0.3, 0.4) is 0 Å². The second-order valence-electron chi connectivity index (χ2n) is 4.23. The Morgan fingerprint density at radius 1 is 1.16 bits per heavy atom. The summed E-state index contributed by atoms with van der Waals surface area (Å²) in [5.41, 5.74) is 7.47. The van der Waals surface area contributed by atoms with E-state index in [0.717, 1.165) is 5.52 Å². The molecule has 0 aliphatic rings. The van der Waals surface area contributed by atoms with Gasteiger partial charge in [0.1, 0.15) is 17.0 Å². The van der Waals surface area contributed by atoms with Crippen LogP contribution in [0.2, 0.25) is 0 Å². The van der Waals surface area contributed by atoms with E-state index in [1.807, 2.05) is 29.7 Å². The zero-order valence-electron chi connectivity index (χ0n) is 10.5. The molecule has 3 rings (SSSR count). The molecule has 0 atom stereocenters. The first-order valence-corrected chi connectivity index (χ1v) is 6.08. The van der Waals surface area contributed by atoms with Crippen molar-refractivity contribution in [3.8, 4) is 11.5 Å². The van der Waals surface area contributed by atoms with E-state index in [1.54, 1.807) is 12.1 Å². The molecule has 4 nitrogen and oxygen atoms in total. The van der Waals surface area contributed by atoms with Crippen LogP contribution >= 0.6 is 0 Å². The standard InChI is InChI=1S/C14H13FN4/c1-2-19-11-7-3-5-9(15)13(11)18-14(19)10-6-4-8-12(16)17-10/h3-8H,2H2,1H3,(H2,16,17). The number of aromatic nitrogens is 3. The van der Waals surface area contributed by atoms with Gasteiger partial charge in [0.25, 0.3) is 0 Å². The number of halogens is 1. The zero-order valence-corrected chi connectivity index (χ0v) is 10.5. The molecule has 0 amide bonds. The van der Waals surface area contributed by atoms with Crippen molar-refractivity contribution in [2.24, 2.45) is 0 Å². The molecule has 2 heterocycles. The number of fused-ring (bicyclic) bond motifs is 1. The number of hydrogen-bond acceptors (Lipinski definition) is 3. The third-order valence-electron chi connectivity index (χ3n) is 3.05. The van der Waals surface area contributed by atoms with E-state index in [2.05, 4.69) is 9.97 Å². The number of imidazole rings is 1. The minimum Gasteiger partial charge on any atom is -0.384 e. The Kier molecular flexibility index (Phi) is 2.67. The number of nitrogens with two attached hydrogens (primary N) is 1. The van der Waals surface area contributed by atoms with Crippen molar-refractivity contribution in [2.45, 2.75) is 13.5 Å². The lowest BCUT2D eigenvalue weighted by molar-refractivity contribution is 0.637. The molecule has 0 unspecified atom stereocenters. The molecule has 0 bridgehead atoms. The smallest absolute Gasteiger partial charge is 0.160 e. The molecule has 0 saturated heterocycles. The summed E-state index contributed by atoms with van der Waals surface area (Å²) in [5.74, 6) is 0.734. The highest BCUT2D eigenvalue weighted by Gasteiger charge is 2.14. The number of nitrogen functional groups attached to an aromatic ring is 1. The number of benzene rings is 1. The Morgan fingerprint density at radius 3 is 2.68 bits per heavy atom. The van der Waals surface area contributed by atoms with E-state index in [0.29, 0.717) is 29.4 Å². The molecule has 0 saturated carbocycles. The van der Waals surface area contributed by atoms with Gasteiger partial charge >= 0.3 is 0 Å². The number of nitrogens with zero attached hydrogens (tertiary/aromatic N) is 3. The molecular formula is C14H13FN4. The van der Waals surface area contributed by atoms with Crippen LogP contribution in [0.15, 0.2) is 36.4 Å². The van der Waals surface area contributed by atoms with Crippen LogP contribution < -0.4 is 5.73 Å². The highest BCUT2D eigenvalue weighted by molar-refractivity contribution is 5.80. The number of rotatable bonds is 2. The predicted molar refractivity (Wildman–Crippen MR) is 73.0 cm³/mol. The lowest BCUT2D eigenvalue weighted by atomic mass is 10.3. The first-order valence-electron chi connectivity index (χ1n) is 6.08. The Bertz CT molecular complexity index is 748. The molecule has 1 aromatic carbocycles. The van der Waals surface area contributed by atoms with Gasteiger partial charge in [-0.3, -0.25) is 0 Å². The maximum absolute atomic E-state index is 13.8. The van der Waals surface area contributed by atoms with E-state index >= 15 is 0 Å². The maximum atomic E-state index is 13.8. The van der Waals surface area contributed by atoms with E-state index < -0.39 is 0 Å². The van der Waals surface area contributed by atoms with E-state index in [9.17, 15) is 4.39 Å². The van der Waals surface area contributed by atoms with Crippen molar-refractivity contribution in [3.05, 3.63) is 42.2 Å². The van der Waals surface area contributed by atoms with Crippen LogP contribution in [0.4, 0.5) is 10.2 Å². The number of aryl methyl sites for hydroxylation is 1. The summed E-state index contributed by atoms with van der Waals surface area (Å²) in [6.07, 6.45) is 0. The van der Waals surface area contributed by atoms with E-state index in [4.69, 9.17) is 5.73 Å². The summed E-state index contributed by atoms with van der Waals surface area (Å²) in [6.45, 7) is 2.67. The Labute approximate surface area is 109 Å².